The Balaban J connectivity index is -0.000000243. The van der Waals surface area contributed by atoms with Crippen molar-refractivity contribution >= 4 is 35.5 Å². The van der Waals surface area contributed by atoms with Crippen LogP contribution < -0.4 is 43.4 Å². The predicted octanol–water partition coefficient (Wildman–Crippen LogP) is 3.64. The topological polar surface area (TPSA) is 308 Å². The lowest BCUT2D eigenvalue weighted by atomic mass is 10.1. The number of aliphatic carboxylic acids is 1. The molecule has 0 aliphatic rings. The monoisotopic (exact) mass is 925 g/mol. The molecular formula is C46H100N8O10. The Morgan fingerprint density at radius 1 is 0.578 bits per heavy atom. The Morgan fingerprint density at radius 3 is 1.50 bits per heavy atom. The molecule has 5 amide bonds. The largest absolute Gasteiger partial charge is 0.481 e. The van der Waals surface area contributed by atoms with Crippen LogP contribution in [0, 0.1) is 5.92 Å². The lowest BCUT2D eigenvalue weighted by Crippen LogP contribution is -2.46. The SMILES string of the molecule is C=C.CC(N)=O.CCCCC(C)C.CCCCCCCCCCCC(=O)NCCNCCC(N)C(=O)NCC(=O)NCCC(CO)NC(=O)CCCC(=O)O.CCNCC.CO.CO. The van der Waals surface area contributed by atoms with Crippen LogP contribution in [0.5, 0.6) is 0 Å². The fraction of sp³-hybridized carbons (Fsp3) is 0.826. The average Bonchev–Trinajstić information content (AvgIpc) is 3.27. The van der Waals surface area contributed by atoms with Gasteiger partial charge in [0.1, 0.15) is 0 Å². The Morgan fingerprint density at radius 2 is 1.06 bits per heavy atom. The fourth-order valence-corrected chi connectivity index (χ4v) is 5.01. The van der Waals surface area contributed by atoms with E-state index in [-0.39, 0.29) is 63.1 Å². The summed E-state index contributed by atoms with van der Waals surface area (Å²) >= 11 is 0. The third-order valence-electron chi connectivity index (χ3n) is 8.35. The number of hydrogen-bond acceptors (Lipinski definition) is 12. The van der Waals surface area contributed by atoms with Gasteiger partial charge in [-0.05, 0) is 51.2 Å². The molecule has 0 radical (unpaired) electrons. The molecule has 14 N–H and O–H groups in total. The Labute approximate surface area is 389 Å². The fourth-order valence-electron chi connectivity index (χ4n) is 5.01. The van der Waals surface area contributed by atoms with Gasteiger partial charge in [0.2, 0.25) is 29.5 Å². The number of unbranched alkanes of at least 4 members (excludes halogenated alkanes) is 9. The molecule has 0 saturated heterocycles. The molecule has 0 aromatic carbocycles. The number of carboxylic acid groups (broad SMARTS) is 1. The van der Waals surface area contributed by atoms with Crippen molar-refractivity contribution in [3.8, 4) is 0 Å². The van der Waals surface area contributed by atoms with E-state index in [9.17, 15) is 33.9 Å². The number of aliphatic hydroxyl groups is 3. The molecule has 2 unspecified atom stereocenters. The van der Waals surface area contributed by atoms with Crippen LogP contribution in [0.1, 0.15) is 164 Å². The molecule has 0 spiro atoms. The highest BCUT2D eigenvalue weighted by Crippen LogP contribution is 2.10. The highest BCUT2D eigenvalue weighted by Gasteiger charge is 2.15. The first-order valence-electron chi connectivity index (χ1n) is 23.4. The van der Waals surface area contributed by atoms with Gasteiger partial charge in [-0.15, -0.1) is 13.2 Å². The van der Waals surface area contributed by atoms with Gasteiger partial charge in [-0.3, -0.25) is 28.8 Å². The maximum absolute atomic E-state index is 12.1. The molecule has 0 rings (SSSR count). The van der Waals surface area contributed by atoms with Crippen LogP contribution in [-0.2, 0) is 28.8 Å². The molecule has 2 atom stereocenters. The zero-order chi connectivity index (χ0) is 50.8. The maximum atomic E-state index is 12.1. The smallest absolute Gasteiger partial charge is 0.303 e. The van der Waals surface area contributed by atoms with Crippen molar-refractivity contribution in [1.29, 1.82) is 0 Å². The summed E-state index contributed by atoms with van der Waals surface area (Å²) in [6, 6.07) is -1.37. The molecule has 0 heterocycles. The van der Waals surface area contributed by atoms with Crippen LogP contribution in [-0.4, -0.2) is 135 Å². The minimum atomic E-state index is -0.981. The summed E-state index contributed by atoms with van der Waals surface area (Å²) in [5, 5.41) is 48.8. The number of amides is 5. The van der Waals surface area contributed by atoms with E-state index in [4.69, 9.17) is 21.1 Å². The second kappa shape index (κ2) is 65.9. The second-order valence-electron chi connectivity index (χ2n) is 14.7. The van der Waals surface area contributed by atoms with Gasteiger partial charge in [-0.1, -0.05) is 112 Å². The number of nitrogens with one attached hydrogen (secondary N) is 6. The second-order valence-corrected chi connectivity index (χ2v) is 14.7. The lowest BCUT2D eigenvalue weighted by molar-refractivity contribution is -0.137. The predicted molar refractivity (Wildman–Crippen MR) is 262 cm³/mol. The zero-order valence-corrected chi connectivity index (χ0v) is 41.9. The van der Waals surface area contributed by atoms with Gasteiger partial charge in [0.25, 0.3) is 0 Å². The van der Waals surface area contributed by atoms with Gasteiger partial charge in [0, 0.05) is 60.0 Å². The van der Waals surface area contributed by atoms with Gasteiger partial charge < -0.3 is 63.8 Å². The van der Waals surface area contributed by atoms with Crippen molar-refractivity contribution in [3.63, 3.8) is 0 Å². The first kappa shape index (κ1) is 74.7. The van der Waals surface area contributed by atoms with Gasteiger partial charge in [-0.25, -0.2) is 0 Å². The third-order valence-corrected chi connectivity index (χ3v) is 8.35. The number of aliphatic hydroxyl groups excluding tert-OH is 3. The number of carbonyl (C=O) groups excluding carboxylic acids is 5. The summed E-state index contributed by atoms with van der Waals surface area (Å²) < 4.78 is 0. The highest BCUT2D eigenvalue weighted by atomic mass is 16.4. The van der Waals surface area contributed by atoms with E-state index < -0.39 is 29.9 Å². The Bertz CT molecular complexity index is 1020. The quantitative estimate of drug-likeness (QED) is 0.0331. The Kier molecular flexibility index (Phi) is 76.9. The van der Waals surface area contributed by atoms with Crippen LogP contribution >= 0.6 is 0 Å². The molecule has 0 aliphatic carbocycles. The summed E-state index contributed by atoms with van der Waals surface area (Å²) in [5.74, 6) is -1.62. The summed E-state index contributed by atoms with van der Waals surface area (Å²) in [6.07, 6.45) is 16.4. The van der Waals surface area contributed by atoms with Crippen LogP contribution in [0.15, 0.2) is 13.2 Å². The molecule has 0 fully saturated rings. The highest BCUT2D eigenvalue weighted by molar-refractivity contribution is 5.87. The summed E-state index contributed by atoms with van der Waals surface area (Å²) in [6.45, 7) is 23.8. The van der Waals surface area contributed by atoms with Gasteiger partial charge in [0.15, 0.2) is 0 Å². The molecule has 384 valence electrons. The minimum Gasteiger partial charge on any atom is -0.481 e. The molecule has 0 aromatic heterocycles. The van der Waals surface area contributed by atoms with Crippen molar-refractivity contribution in [2.24, 2.45) is 17.4 Å². The van der Waals surface area contributed by atoms with Crippen molar-refractivity contribution in [2.45, 2.75) is 176 Å². The number of nitrogens with two attached hydrogens (primary N) is 2. The molecule has 18 heteroatoms. The van der Waals surface area contributed by atoms with Crippen LogP contribution in [0.2, 0.25) is 0 Å². The number of carboxylic acids is 1. The molecular weight excluding hydrogens is 825 g/mol. The standard InChI is InChI=1S/C29H56N6O7.C7H16.C4H11N.C2H5NO.C2H4.2CH4O/c1-2-3-4-5-6-7-8-9-10-12-25(37)33-20-19-31-17-16-24(30)29(42)34-21-27(39)32-18-15-23(22-36)35-26(38)13-11-14-28(40)41;1-4-5-6-7(2)3;1-3-5-4-2;1-2(3)4;3*1-2/h23-24,31,36H,2-22,30H2,1H3,(H,32,39)(H,33,37)(H,34,42)(H,35,38)(H,40,41);7H,4-6H2,1-3H3;5H,3-4H2,1-2H3;1H3,(H2,3,4);1-2H2;2*2H,1H3. The number of hydrogen-bond donors (Lipinski definition) is 12. The molecule has 0 aromatic rings. The molecule has 0 bridgehead atoms. The molecule has 64 heavy (non-hydrogen) atoms. The van der Waals surface area contributed by atoms with Gasteiger partial charge in [-0.2, -0.15) is 0 Å². The van der Waals surface area contributed by atoms with Crippen molar-refractivity contribution in [3.05, 3.63) is 13.2 Å². The van der Waals surface area contributed by atoms with E-state index in [1.165, 1.54) is 71.1 Å². The first-order valence-corrected chi connectivity index (χ1v) is 23.4. The van der Waals surface area contributed by atoms with E-state index >= 15 is 0 Å². The van der Waals surface area contributed by atoms with Crippen LogP contribution in [0.3, 0.4) is 0 Å². The van der Waals surface area contributed by atoms with E-state index in [0.29, 0.717) is 32.5 Å². The number of carbonyl (C=O) groups is 6. The first-order chi connectivity index (χ1) is 30.6. The van der Waals surface area contributed by atoms with E-state index in [1.807, 2.05) is 0 Å². The van der Waals surface area contributed by atoms with Crippen molar-refractivity contribution in [1.82, 2.24) is 31.9 Å². The molecule has 18 nitrogen and oxygen atoms in total. The van der Waals surface area contributed by atoms with Crippen LogP contribution in [0.4, 0.5) is 0 Å². The van der Waals surface area contributed by atoms with E-state index in [0.717, 1.165) is 46.1 Å². The summed E-state index contributed by atoms with van der Waals surface area (Å²) in [4.78, 5) is 67.6. The minimum absolute atomic E-state index is 0.0347. The number of rotatable bonds is 33. The number of primary amides is 1. The van der Waals surface area contributed by atoms with Gasteiger partial charge in [0.05, 0.1) is 25.2 Å². The zero-order valence-electron chi connectivity index (χ0n) is 41.9. The molecule has 0 saturated carbocycles. The Hall–Kier alpha value is -3.68. The van der Waals surface area contributed by atoms with Crippen molar-refractivity contribution < 1.29 is 49.2 Å². The average molecular weight is 925 g/mol. The van der Waals surface area contributed by atoms with E-state index in [2.05, 4.69) is 92.3 Å². The summed E-state index contributed by atoms with van der Waals surface area (Å²) in [7, 11) is 2.00. The van der Waals surface area contributed by atoms with Crippen molar-refractivity contribution in [2.75, 3.05) is 66.6 Å². The molecule has 0 aliphatic heterocycles. The maximum Gasteiger partial charge on any atom is 0.303 e. The summed E-state index contributed by atoms with van der Waals surface area (Å²) in [5.41, 5.74) is 10.4. The third kappa shape index (κ3) is 78.8. The van der Waals surface area contributed by atoms with Gasteiger partial charge >= 0.3 is 5.97 Å². The normalized spacial score (nSPS) is 10.5. The van der Waals surface area contributed by atoms with E-state index in [1.54, 1.807) is 0 Å². The lowest BCUT2D eigenvalue weighted by Gasteiger charge is -2.17. The van der Waals surface area contributed by atoms with Crippen LogP contribution in [0.25, 0.3) is 0 Å².